The van der Waals surface area contributed by atoms with E-state index in [9.17, 15) is 9.90 Å². The Balaban J connectivity index is 1.77. The molecule has 5 nitrogen and oxygen atoms in total. The summed E-state index contributed by atoms with van der Waals surface area (Å²) in [5.74, 6) is -0.0210. The van der Waals surface area contributed by atoms with Crippen LogP contribution in [-0.4, -0.2) is 43.6 Å². The minimum atomic E-state index is -0.605. The lowest BCUT2D eigenvalue weighted by Gasteiger charge is -2.63. The molecular formula is C12H15N3O2. The number of rotatable bonds is 1. The van der Waals surface area contributed by atoms with Crippen molar-refractivity contribution in [3.63, 3.8) is 0 Å². The summed E-state index contributed by atoms with van der Waals surface area (Å²) in [4.78, 5) is 21.8. The van der Waals surface area contributed by atoms with E-state index in [2.05, 4.69) is 9.97 Å². The van der Waals surface area contributed by atoms with Gasteiger partial charge in [0.1, 0.15) is 6.33 Å². The molecule has 1 saturated carbocycles. The lowest BCUT2D eigenvalue weighted by Crippen LogP contribution is -2.72. The standard InChI is InChI=1S/C12H15N3O2/c1-11(17)6-12(7-11)2-3-15(12)10(16)9-4-13-8-14-5-9/h4-5,8,17H,2-3,6-7H2,1H3. The monoisotopic (exact) mass is 233 g/mol. The van der Waals surface area contributed by atoms with Crippen molar-refractivity contribution in [1.29, 1.82) is 0 Å². The summed E-state index contributed by atoms with van der Waals surface area (Å²) < 4.78 is 0. The first-order chi connectivity index (χ1) is 8.03. The van der Waals surface area contributed by atoms with Crippen LogP contribution < -0.4 is 0 Å². The summed E-state index contributed by atoms with van der Waals surface area (Å²) >= 11 is 0. The second-order valence-corrected chi connectivity index (χ2v) is 5.41. The van der Waals surface area contributed by atoms with Gasteiger partial charge >= 0.3 is 0 Å². The summed E-state index contributed by atoms with van der Waals surface area (Å²) in [6.07, 6.45) is 6.84. The number of hydrogen-bond acceptors (Lipinski definition) is 4. The van der Waals surface area contributed by atoms with Crippen molar-refractivity contribution in [3.8, 4) is 0 Å². The molecule has 0 atom stereocenters. The summed E-state index contributed by atoms with van der Waals surface area (Å²) in [5, 5.41) is 9.82. The quantitative estimate of drug-likeness (QED) is 0.771. The van der Waals surface area contributed by atoms with Crippen LogP contribution in [0, 0.1) is 0 Å². The molecular weight excluding hydrogens is 218 g/mol. The van der Waals surface area contributed by atoms with Crippen molar-refractivity contribution in [1.82, 2.24) is 14.9 Å². The first-order valence-electron chi connectivity index (χ1n) is 5.82. The molecule has 0 bridgehead atoms. The van der Waals surface area contributed by atoms with Crippen molar-refractivity contribution in [3.05, 3.63) is 24.3 Å². The normalized spacial score (nSPS) is 35.3. The number of likely N-dealkylation sites (tertiary alicyclic amines) is 1. The molecule has 2 fully saturated rings. The highest BCUT2D eigenvalue weighted by atomic mass is 16.3. The molecule has 2 heterocycles. The van der Waals surface area contributed by atoms with Crippen molar-refractivity contribution in [2.45, 2.75) is 37.3 Å². The van der Waals surface area contributed by atoms with Crippen LogP contribution >= 0.6 is 0 Å². The zero-order valence-electron chi connectivity index (χ0n) is 9.76. The van der Waals surface area contributed by atoms with Crippen LogP contribution in [0.4, 0.5) is 0 Å². The van der Waals surface area contributed by atoms with Gasteiger partial charge in [-0.15, -0.1) is 0 Å². The van der Waals surface area contributed by atoms with E-state index in [-0.39, 0.29) is 11.4 Å². The Morgan fingerprint density at radius 3 is 2.53 bits per heavy atom. The molecule has 3 rings (SSSR count). The molecule has 1 spiro atoms. The van der Waals surface area contributed by atoms with Crippen LogP contribution in [0.5, 0.6) is 0 Å². The number of nitrogens with zero attached hydrogens (tertiary/aromatic N) is 3. The van der Waals surface area contributed by atoms with Crippen LogP contribution in [0.15, 0.2) is 18.7 Å². The number of hydrogen-bond donors (Lipinski definition) is 1. The fourth-order valence-corrected chi connectivity index (χ4v) is 3.16. The molecule has 1 amide bonds. The fourth-order valence-electron chi connectivity index (χ4n) is 3.16. The Bertz CT molecular complexity index is 450. The first-order valence-corrected chi connectivity index (χ1v) is 5.82. The third-order valence-electron chi connectivity index (χ3n) is 3.85. The minimum absolute atomic E-state index is 0.0210. The molecule has 2 aliphatic rings. The molecule has 0 unspecified atom stereocenters. The van der Waals surface area contributed by atoms with E-state index in [1.165, 1.54) is 18.7 Å². The lowest BCUT2D eigenvalue weighted by atomic mass is 9.59. The predicted molar refractivity (Wildman–Crippen MR) is 60.3 cm³/mol. The number of amides is 1. The van der Waals surface area contributed by atoms with E-state index in [1.54, 1.807) is 0 Å². The minimum Gasteiger partial charge on any atom is -0.390 e. The van der Waals surface area contributed by atoms with Gasteiger partial charge in [0.25, 0.3) is 5.91 Å². The molecule has 1 aliphatic heterocycles. The highest BCUT2D eigenvalue weighted by Crippen LogP contribution is 2.52. The maximum absolute atomic E-state index is 12.2. The SMILES string of the molecule is CC1(O)CC2(CCN2C(=O)c2cncnc2)C1. The average molecular weight is 233 g/mol. The zero-order chi connectivity index (χ0) is 12.1. The number of carbonyl (C=O) groups excluding carboxylic acids is 1. The van der Waals surface area contributed by atoms with E-state index in [0.29, 0.717) is 18.4 Å². The maximum atomic E-state index is 12.2. The van der Waals surface area contributed by atoms with Gasteiger partial charge in [0.05, 0.1) is 16.7 Å². The van der Waals surface area contributed by atoms with E-state index in [1.807, 2.05) is 11.8 Å². The third kappa shape index (κ3) is 1.53. The number of aromatic nitrogens is 2. The Labute approximate surface area is 99.5 Å². The fraction of sp³-hybridized carbons (Fsp3) is 0.583. The highest BCUT2D eigenvalue weighted by Gasteiger charge is 2.60. The predicted octanol–water partition coefficient (Wildman–Crippen LogP) is 0.606. The van der Waals surface area contributed by atoms with Gasteiger partial charge in [-0.25, -0.2) is 9.97 Å². The van der Waals surface area contributed by atoms with E-state index in [0.717, 1.165) is 13.0 Å². The Morgan fingerprint density at radius 2 is 2.06 bits per heavy atom. The molecule has 0 aromatic carbocycles. The molecule has 1 aliphatic carbocycles. The first kappa shape index (κ1) is 10.7. The maximum Gasteiger partial charge on any atom is 0.257 e. The third-order valence-corrected chi connectivity index (χ3v) is 3.85. The molecule has 5 heteroatoms. The van der Waals surface area contributed by atoms with Crippen molar-refractivity contribution in [2.24, 2.45) is 0 Å². The second kappa shape index (κ2) is 3.26. The largest absolute Gasteiger partial charge is 0.390 e. The summed E-state index contributed by atoms with van der Waals surface area (Å²) in [6, 6.07) is 0. The van der Waals surface area contributed by atoms with Gasteiger partial charge in [0.2, 0.25) is 0 Å². The molecule has 1 aromatic heterocycles. The zero-order valence-corrected chi connectivity index (χ0v) is 9.76. The van der Waals surface area contributed by atoms with Crippen LogP contribution in [0.25, 0.3) is 0 Å². The molecule has 1 aromatic rings. The summed E-state index contributed by atoms with van der Waals surface area (Å²) in [5.41, 5.74) is -0.180. The van der Waals surface area contributed by atoms with Gasteiger partial charge in [-0.1, -0.05) is 0 Å². The summed E-state index contributed by atoms with van der Waals surface area (Å²) in [6.45, 7) is 2.59. The lowest BCUT2D eigenvalue weighted by molar-refractivity contribution is -0.165. The van der Waals surface area contributed by atoms with Crippen LogP contribution in [0.2, 0.25) is 0 Å². The van der Waals surface area contributed by atoms with E-state index in [4.69, 9.17) is 0 Å². The van der Waals surface area contributed by atoms with Gasteiger partial charge in [-0.3, -0.25) is 4.79 Å². The highest BCUT2D eigenvalue weighted by molar-refractivity contribution is 5.94. The van der Waals surface area contributed by atoms with E-state index < -0.39 is 5.60 Å². The van der Waals surface area contributed by atoms with Crippen LogP contribution in [0.1, 0.15) is 36.5 Å². The number of aliphatic hydroxyl groups is 1. The van der Waals surface area contributed by atoms with Gasteiger partial charge in [0.15, 0.2) is 0 Å². The van der Waals surface area contributed by atoms with Crippen LogP contribution in [-0.2, 0) is 0 Å². The smallest absolute Gasteiger partial charge is 0.257 e. The summed E-state index contributed by atoms with van der Waals surface area (Å²) in [7, 11) is 0. The topological polar surface area (TPSA) is 66.3 Å². The molecule has 17 heavy (non-hydrogen) atoms. The Hall–Kier alpha value is -1.49. The van der Waals surface area contributed by atoms with Gasteiger partial charge < -0.3 is 10.0 Å². The van der Waals surface area contributed by atoms with Gasteiger partial charge in [-0.2, -0.15) is 0 Å². The van der Waals surface area contributed by atoms with Crippen molar-refractivity contribution in [2.75, 3.05) is 6.54 Å². The number of carbonyl (C=O) groups is 1. The second-order valence-electron chi connectivity index (χ2n) is 5.41. The van der Waals surface area contributed by atoms with E-state index >= 15 is 0 Å². The average Bonchev–Trinajstić information content (AvgIpc) is 2.25. The van der Waals surface area contributed by atoms with Gasteiger partial charge in [-0.05, 0) is 26.2 Å². The molecule has 1 saturated heterocycles. The Morgan fingerprint density at radius 1 is 1.41 bits per heavy atom. The van der Waals surface area contributed by atoms with Crippen LogP contribution in [0.3, 0.4) is 0 Å². The Kier molecular flexibility index (Phi) is 2.04. The van der Waals surface area contributed by atoms with Crippen molar-refractivity contribution < 1.29 is 9.90 Å². The van der Waals surface area contributed by atoms with Gasteiger partial charge in [0, 0.05) is 18.9 Å². The molecule has 90 valence electrons. The molecule has 0 radical (unpaired) electrons. The van der Waals surface area contributed by atoms with Crippen molar-refractivity contribution >= 4 is 5.91 Å². The molecule has 1 N–H and O–H groups in total.